The number of nitrogens with one attached hydrogen (secondary N) is 1. The van der Waals surface area contributed by atoms with Crippen LogP contribution in [0.4, 0.5) is 10.7 Å². The second kappa shape index (κ2) is 12.5. The highest BCUT2D eigenvalue weighted by Gasteiger charge is 2.21. The fraction of sp³-hybridized carbons (Fsp3) is 0.222. The third kappa shape index (κ3) is 6.74. The van der Waals surface area contributed by atoms with Crippen molar-refractivity contribution < 1.29 is 28.7 Å². The number of esters is 1. The van der Waals surface area contributed by atoms with E-state index in [0.29, 0.717) is 27.6 Å². The van der Waals surface area contributed by atoms with E-state index in [9.17, 15) is 25.0 Å². The van der Waals surface area contributed by atoms with Crippen molar-refractivity contribution in [3.63, 3.8) is 0 Å². The van der Waals surface area contributed by atoms with E-state index in [1.807, 2.05) is 19.9 Å². The van der Waals surface area contributed by atoms with Crippen LogP contribution in [0, 0.1) is 21.4 Å². The molecule has 11 heteroatoms. The van der Waals surface area contributed by atoms with Gasteiger partial charge in [-0.25, -0.2) is 4.79 Å². The number of carbonyl (C=O) groups excluding carboxylic acids is 2. The largest absolute Gasteiger partial charge is 0.496 e. The molecule has 1 heterocycles. The zero-order valence-corrected chi connectivity index (χ0v) is 22.0. The van der Waals surface area contributed by atoms with Crippen molar-refractivity contribution in [2.75, 3.05) is 19.5 Å². The average molecular weight is 536 g/mol. The topological polar surface area (TPSA) is 141 Å². The van der Waals surface area contributed by atoms with E-state index in [0.717, 1.165) is 4.88 Å². The van der Waals surface area contributed by atoms with Crippen molar-refractivity contribution in [2.24, 2.45) is 0 Å². The molecule has 3 rings (SSSR count). The molecule has 0 saturated heterocycles. The molecular formula is C27H25N3O7S. The summed E-state index contributed by atoms with van der Waals surface area (Å²) in [4.78, 5) is 36.4. The van der Waals surface area contributed by atoms with Gasteiger partial charge in [0.2, 0.25) is 0 Å². The second-order valence-electron chi connectivity index (χ2n) is 8.27. The predicted molar refractivity (Wildman–Crippen MR) is 142 cm³/mol. The summed E-state index contributed by atoms with van der Waals surface area (Å²) >= 11 is 1.25. The standard InChI is InChI=1S/C27H25N3O7S/c1-16(2)24-13-22(27(32)36-4)26(38-24)29-25(31)18(14-28)11-17-5-10-23(35-3)19(12-17)15-37-21-8-6-20(7-9-21)30(33)34/h5-13,16H,15H2,1-4H3,(H,29,31)/b18-11-. The molecule has 0 aliphatic heterocycles. The maximum atomic E-state index is 12.9. The minimum atomic E-state index is -0.672. The number of methoxy groups -OCH3 is 2. The molecule has 2 aromatic carbocycles. The molecule has 38 heavy (non-hydrogen) atoms. The molecule has 196 valence electrons. The van der Waals surface area contributed by atoms with Crippen molar-refractivity contribution in [3.05, 3.63) is 85.8 Å². The first-order valence-electron chi connectivity index (χ1n) is 11.4. The van der Waals surface area contributed by atoms with Crippen LogP contribution in [0.5, 0.6) is 11.5 Å². The number of ether oxygens (including phenoxy) is 3. The van der Waals surface area contributed by atoms with Crippen molar-refractivity contribution in [1.82, 2.24) is 0 Å². The number of nitrogens with zero attached hydrogens (tertiary/aromatic N) is 2. The maximum Gasteiger partial charge on any atom is 0.340 e. The Kier molecular flexibility index (Phi) is 9.18. The van der Waals surface area contributed by atoms with Crippen LogP contribution in [-0.2, 0) is 16.1 Å². The highest BCUT2D eigenvalue weighted by atomic mass is 32.1. The summed E-state index contributed by atoms with van der Waals surface area (Å²) in [5.74, 6) is -0.178. The number of carbonyl (C=O) groups is 2. The lowest BCUT2D eigenvalue weighted by Gasteiger charge is -2.11. The van der Waals surface area contributed by atoms with Crippen molar-refractivity contribution in [3.8, 4) is 17.6 Å². The van der Waals surface area contributed by atoms with E-state index in [1.165, 1.54) is 55.9 Å². The van der Waals surface area contributed by atoms with E-state index in [2.05, 4.69) is 5.32 Å². The molecular weight excluding hydrogens is 510 g/mol. The SMILES string of the molecule is COC(=O)c1cc(C(C)C)sc1NC(=O)/C(C#N)=C\c1ccc(OC)c(COc2ccc([N+](=O)[O-])cc2)c1. The summed E-state index contributed by atoms with van der Waals surface area (Å²) in [6.07, 6.45) is 1.42. The first-order chi connectivity index (χ1) is 18.2. The third-order valence-corrected chi connectivity index (χ3v) is 6.73. The summed E-state index contributed by atoms with van der Waals surface area (Å²) in [5.41, 5.74) is 1.17. The molecule has 0 saturated carbocycles. The molecule has 3 aromatic rings. The number of rotatable bonds is 10. The molecule has 1 amide bonds. The second-order valence-corrected chi connectivity index (χ2v) is 9.36. The van der Waals surface area contributed by atoms with Gasteiger partial charge in [-0.05, 0) is 47.9 Å². The number of thiophene rings is 1. The Morgan fingerprint density at radius 3 is 2.45 bits per heavy atom. The molecule has 1 N–H and O–H groups in total. The van der Waals surface area contributed by atoms with Crippen LogP contribution in [0.3, 0.4) is 0 Å². The fourth-order valence-corrected chi connectivity index (χ4v) is 4.41. The van der Waals surface area contributed by atoms with Gasteiger partial charge in [0.1, 0.15) is 34.7 Å². The number of nitro groups is 1. The molecule has 1 aromatic heterocycles. The normalized spacial score (nSPS) is 11.0. The van der Waals surface area contributed by atoms with Crippen LogP contribution in [-0.4, -0.2) is 31.0 Å². The van der Waals surface area contributed by atoms with Gasteiger partial charge in [0.15, 0.2) is 0 Å². The van der Waals surface area contributed by atoms with E-state index in [-0.39, 0.29) is 29.3 Å². The van der Waals surface area contributed by atoms with Crippen LogP contribution >= 0.6 is 11.3 Å². The lowest BCUT2D eigenvalue weighted by atomic mass is 10.1. The number of anilines is 1. The smallest absolute Gasteiger partial charge is 0.340 e. The van der Waals surface area contributed by atoms with Crippen molar-refractivity contribution in [1.29, 1.82) is 5.26 Å². The molecule has 0 spiro atoms. The van der Waals surface area contributed by atoms with Gasteiger partial charge in [-0.2, -0.15) is 5.26 Å². The summed E-state index contributed by atoms with van der Waals surface area (Å²) in [7, 11) is 2.76. The van der Waals surface area contributed by atoms with Crippen LogP contribution in [0.1, 0.15) is 46.1 Å². The van der Waals surface area contributed by atoms with Crippen LogP contribution < -0.4 is 14.8 Å². The molecule has 0 unspecified atom stereocenters. The lowest BCUT2D eigenvalue weighted by molar-refractivity contribution is -0.384. The van der Waals surface area contributed by atoms with Gasteiger partial charge < -0.3 is 19.5 Å². The Labute approximate surface area is 223 Å². The summed E-state index contributed by atoms with van der Waals surface area (Å²) in [5, 5.41) is 23.5. The summed E-state index contributed by atoms with van der Waals surface area (Å²) in [6.45, 7) is 4.00. The Morgan fingerprint density at radius 2 is 1.87 bits per heavy atom. The molecule has 0 radical (unpaired) electrons. The van der Waals surface area contributed by atoms with Gasteiger partial charge >= 0.3 is 5.97 Å². The Morgan fingerprint density at radius 1 is 1.16 bits per heavy atom. The van der Waals surface area contributed by atoms with Crippen LogP contribution in [0.15, 0.2) is 54.1 Å². The zero-order chi connectivity index (χ0) is 27.8. The predicted octanol–water partition coefficient (Wildman–Crippen LogP) is 5.70. The van der Waals surface area contributed by atoms with Gasteiger partial charge in [-0.1, -0.05) is 19.9 Å². The van der Waals surface area contributed by atoms with Gasteiger partial charge in [0, 0.05) is 22.6 Å². The number of nitro benzene ring substituents is 1. The number of benzene rings is 2. The molecule has 0 bridgehead atoms. The number of hydrogen-bond acceptors (Lipinski definition) is 9. The van der Waals surface area contributed by atoms with Crippen LogP contribution in [0.25, 0.3) is 6.08 Å². The quantitative estimate of drug-likeness (QED) is 0.115. The van der Waals surface area contributed by atoms with E-state index in [4.69, 9.17) is 14.2 Å². The van der Waals surface area contributed by atoms with Crippen LogP contribution in [0.2, 0.25) is 0 Å². The van der Waals surface area contributed by atoms with Gasteiger partial charge in [0.25, 0.3) is 11.6 Å². The first-order valence-corrected chi connectivity index (χ1v) is 12.2. The summed E-state index contributed by atoms with van der Waals surface area (Å²) < 4.78 is 16.0. The third-order valence-electron chi connectivity index (χ3n) is 5.37. The molecule has 0 aliphatic carbocycles. The highest BCUT2D eigenvalue weighted by molar-refractivity contribution is 7.16. The monoisotopic (exact) mass is 535 g/mol. The minimum Gasteiger partial charge on any atom is -0.496 e. The number of amides is 1. The van der Waals surface area contributed by atoms with E-state index in [1.54, 1.807) is 24.3 Å². The average Bonchev–Trinajstić information content (AvgIpc) is 3.34. The van der Waals surface area contributed by atoms with E-state index >= 15 is 0 Å². The van der Waals surface area contributed by atoms with Gasteiger partial charge in [0.05, 0.1) is 24.7 Å². The Hall–Kier alpha value is -4.69. The number of hydrogen-bond donors (Lipinski definition) is 1. The highest BCUT2D eigenvalue weighted by Crippen LogP contribution is 2.34. The minimum absolute atomic E-state index is 0.0499. The van der Waals surface area contributed by atoms with Gasteiger partial charge in [-0.3, -0.25) is 14.9 Å². The molecule has 0 atom stereocenters. The molecule has 0 aliphatic rings. The first kappa shape index (κ1) is 27.9. The zero-order valence-electron chi connectivity index (χ0n) is 21.1. The fourth-order valence-electron chi connectivity index (χ4n) is 3.36. The molecule has 0 fully saturated rings. The molecule has 10 nitrogen and oxygen atoms in total. The maximum absolute atomic E-state index is 12.9. The van der Waals surface area contributed by atoms with Crippen molar-refractivity contribution in [2.45, 2.75) is 26.4 Å². The lowest BCUT2D eigenvalue weighted by Crippen LogP contribution is -2.15. The Balaban J connectivity index is 1.82. The number of non-ortho nitro benzene ring substituents is 1. The van der Waals surface area contributed by atoms with Gasteiger partial charge in [-0.15, -0.1) is 11.3 Å². The Bertz CT molecular complexity index is 1420. The number of nitriles is 1. The van der Waals surface area contributed by atoms with Crippen molar-refractivity contribution >= 4 is 40.0 Å². The van der Waals surface area contributed by atoms with E-state index < -0.39 is 16.8 Å². The summed E-state index contributed by atoms with van der Waals surface area (Å²) in [6, 6.07) is 14.3.